The van der Waals surface area contributed by atoms with Crippen LogP contribution >= 0.6 is 0 Å². The molecule has 0 radical (unpaired) electrons. The van der Waals surface area contributed by atoms with Crippen LogP contribution in [0.25, 0.3) is 10.9 Å². The minimum Gasteiger partial charge on any atom is -0.341 e. The highest BCUT2D eigenvalue weighted by atomic mass is 16.1. The van der Waals surface area contributed by atoms with Gasteiger partial charge in [-0.1, -0.05) is 30.3 Å². The van der Waals surface area contributed by atoms with Crippen molar-refractivity contribution in [2.45, 2.75) is 32.2 Å². The van der Waals surface area contributed by atoms with Gasteiger partial charge in [0, 0.05) is 32.0 Å². The second kappa shape index (κ2) is 7.05. The quantitative estimate of drug-likeness (QED) is 0.736. The third-order valence-corrected chi connectivity index (χ3v) is 4.83. The Balaban J connectivity index is 1.58. The number of fused-ring (bicyclic) bond motifs is 1. The van der Waals surface area contributed by atoms with Crippen LogP contribution in [0, 0.1) is 0 Å². The smallest absolute Gasteiger partial charge is 0.261 e. The highest BCUT2D eigenvalue weighted by molar-refractivity contribution is 5.77. The van der Waals surface area contributed by atoms with E-state index < -0.39 is 0 Å². The van der Waals surface area contributed by atoms with Gasteiger partial charge in [-0.3, -0.25) is 4.79 Å². The Kier molecular flexibility index (Phi) is 4.46. The van der Waals surface area contributed by atoms with Gasteiger partial charge >= 0.3 is 0 Å². The van der Waals surface area contributed by atoms with E-state index in [1.54, 1.807) is 10.8 Å². The molecule has 3 aromatic rings. The molecule has 3 heterocycles. The van der Waals surface area contributed by atoms with E-state index >= 15 is 0 Å². The molecule has 2 aromatic heterocycles. The lowest BCUT2D eigenvalue weighted by atomic mass is 10.1. The SMILES string of the molecule is O=c1c2cnc(N3CCCCC3)nc2ccn1CCc1ccccc1. The van der Waals surface area contributed by atoms with Gasteiger partial charge in [-0.25, -0.2) is 9.97 Å². The topological polar surface area (TPSA) is 51.0 Å². The largest absolute Gasteiger partial charge is 0.341 e. The lowest BCUT2D eigenvalue weighted by molar-refractivity contribution is 0.569. The van der Waals surface area contributed by atoms with Crippen LogP contribution in [0.15, 0.2) is 53.6 Å². The second-order valence-electron chi connectivity index (χ2n) is 6.57. The maximum absolute atomic E-state index is 12.7. The van der Waals surface area contributed by atoms with Gasteiger partial charge in [0.2, 0.25) is 5.95 Å². The van der Waals surface area contributed by atoms with Crippen LogP contribution in [0.2, 0.25) is 0 Å². The summed E-state index contributed by atoms with van der Waals surface area (Å²) in [6, 6.07) is 12.1. The predicted molar refractivity (Wildman–Crippen MR) is 100 cm³/mol. The maximum atomic E-state index is 12.7. The molecule has 0 N–H and O–H groups in total. The summed E-state index contributed by atoms with van der Waals surface area (Å²) in [7, 11) is 0. The van der Waals surface area contributed by atoms with E-state index in [-0.39, 0.29) is 5.56 Å². The molecule has 0 saturated carbocycles. The Labute approximate surface area is 147 Å². The first-order valence-corrected chi connectivity index (χ1v) is 8.96. The van der Waals surface area contributed by atoms with Gasteiger partial charge in [0.1, 0.15) is 0 Å². The highest BCUT2D eigenvalue weighted by Gasteiger charge is 2.14. The number of anilines is 1. The van der Waals surface area contributed by atoms with Crippen molar-refractivity contribution in [3.63, 3.8) is 0 Å². The Bertz CT molecular complexity index is 914. The van der Waals surface area contributed by atoms with Gasteiger partial charge in [0.25, 0.3) is 5.56 Å². The first-order valence-electron chi connectivity index (χ1n) is 8.96. The van der Waals surface area contributed by atoms with Gasteiger partial charge < -0.3 is 9.47 Å². The lowest BCUT2D eigenvalue weighted by Gasteiger charge is -2.26. The monoisotopic (exact) mass is 334 g/mol. The molecule has 1 aliphatic heterocycles. The Morgan fingerprint density at radius 2 is 1.80 bits per heavy atom. The number of pyridine rings is 1. The molecule has 5 nitrogen and oxygen atoms in total. The van der Waals surface area contributed by atoms with E-state index in [4.69, 9.17) is 0 Å². The molecule has 0 bridgehead atoms. The molecule has 0 amide bonds. The van der Waals surface area contributed by atoms with Gasteiger partial charge in [0.05, 0.1) is 10.9 Å². The van der Waals surface area contributed by atoms with E-state index in [0.29, 0.717) is 11.9 Å². The molecule has 0 unspecified atom stereocenters. The first kappa shape index (κ1) is 15.8. The predicted octanol–water partition coefficient (Wildman–Crippen LogP) is 3.02. The third kappa shape index (κ3) is 3.40. The van der Waals surface area contributed by atoms with Gasteiger partial charge in [-0.2, -0.15) is 0 Å². The zero-order chi connectivity index (χ0) is 17.1. The Hall–Kier alpha value is -2.69. The number of benzene rings is 1. The van der Waals surface area contributed by atoms with Crippen LogP contribution in [-0.4, -0.2) is 27.6 Å². The third-order valence-electron chi connectivity index (χ3n) is 4.83. The zero-order valence-corrected chi connectivity index (χ0v) is 14.3. The number of aryl methyl sites for hydroxylation is 2. The summed E-state index contributed by atoms with van der Waals surface area (Å²) in [6.07, 6.45) is 8.01. The van der Waals surface area contributed by atoms with E-state index in [0.717, 1.165) is 31.0 Å². The van der Waals surface area contributed by atoms with Crippen LogP contribution in [0.5, 0.6) is 0 Å². The number of hydrogen-bond acceptors (Lipinski definition) is 4. The molecule has 1 saturated heterocycles. The Morgan fingerprint density at radius 1 is 1.00 bits per heavy atom. The average molecular weight is 334 g/mol. The summed E-state index contributed by atoms with van der Waals surface area (Å²) in [6.45, 7) is 2.66. The molecular formula is C20H22N4O. The van der Waals surface area contributed by atoms with Gasteiger partial charge in [-0.05, 0) is 37.3 Å². The number of aromatic nitrogens is 3. The molecule has 0 atom stereocenters. The lowest BCUT2D eigenvalue weighted by Crippen LogP contribution is -2.31. The van der Waals surface area contributed by atoms with Crippen LogP contribution in [-0.2, 0) is 13.0 Å². The minimum atomic E-state index is -0.0152. The molecule has 5 heteroatoms. The maximum Gasteiger partial charge on any atom is 0.261 e. The molecule has 1 aliphatic rings. The van der Waals surface area contributed by atoms with Crippen LogP contribution in [0.4, 0.5) is 5.95 Å². The number of nitrogens with zero attached hydrogens (tertiary/aromatic N) is 4. The molecule has 0 spiro atoms. The van der Waals surface area contributed by atoms with Crippen molar-refractivity contribution in [3.8, 4) is 0 Å². The fraction of sp³-hybridized carbons (Fsp3) is 0.350. The molecule has 0 aliphatic carbocycles. The zero-order valence-electron chi connectivity index (χ0n) is 14.3. The Morgan fingerprint density at radius 3 is 2.60 bits per heavy atom. The minimum absolute atomic E-state index is 0.0152. The van der Waals surface area contributed by atoms with Gasteiger partial charge in [0.15, 0.2) is 0 Å². The van der Waals surface area contributed by atoms with E-state index in [9.17, 15) is 4.79 Å². The average Bonchev–Trinajstić information content (AvgIpc) is 2.69. The standard InChI is InChI=1S/C20H22N4O/c25-19-17-15-21-20(24-11-5-2-6-12-24)22-18(17)10-14-23(19)13-9-16-7-3-1-4-8-16/h1,3-4,7-8,10,14-15H,2,5-6,9,11-13H2. The second-order valence-corrected chi connectivity index (χ2v) is 6.57. The van der Waals surface area contributed by atoms with Crippen molar-refractivity contribution in [1.82, 2.24) is 14.5 Å². The summed E-state index contributed by atoms with van der Waals surface area (Å²) in [5.74, 6) is 0.744. The molecule has 128 valence electrons. The normalized spacial score (nSPS) is 14.8. The fourth-order valence-electron chi connectivity index (χ4n) is 3.38. The summed E-state index contributed by atoms with van der Waals surface area (Å²) < 4.78 is 1.75. The number of piperidine rings is 1. The molecular weight excluding hydrogens is 312 g/mol. The van der Waals surface area contributed by atoms with Crippen molar-refractivity contribution in [2.24, 2.45) is 0 Å². The van der Waals surface area contributed by atoms with Crippen molar-refractivity contribution < 1.29 is 0 Å². The summed E-state index contributed by atoms with van der Waals surface area (Å²) >= 11 is 0. The van der Waals surface area contributed by atoms with Crippen molar-refractivity contribution in [3.05, 3.63) is 64.7 Å². The molecule has 1 aromatic carbocycles. The fourth-order valence-corrected chi connectivity index (χ4v) is 3.38. The number of hydrogen-bond donors (Lipinski definition) is 0. The van der Waals surface area contributed by atoms with Crippen LogP contribution in [0.3, 0.4) is 0 Å². The van der Waals surface area contributed by atoms with Crippen LogP contribution < -0.4 is 10.5 Å². The van der Waals surface area contributed by atoms with E-state index in [2.05, 4.69) is 27.0 Å². The van der Waals surface area contributed by atoms with Crippen molar-refractivity contribution in [1.29, 1.82) is 0 Å². The first-order chi connectivity index (χ1) is 12.3. The highest BCUT2D eigenvalue weighted by Crippen LogP contribution is 2.17. The summed E-state index contributed by atoms with van der Waals surface area (Å²) in [5, 5.41) is 0.594. The summed E-state index contributed by atoms with van der Waals surface area (Å²) in [5.41, 5.74) is 1.95. The summed E-state index contributed by atoms with van der Waals surface area (Å²) in [4.78, 5) is 24.0. The van der Waals surface area contributed by atoms with E-state index in [1.165, 1.54) is 24.8 Å². The van der Waals surface area contributed by atoms with Crippen molar-refractivity contribution in [2.75, 3.05) is 18.0 Å². The molecule has 25 heavy (non-hydrogen) atoms. The van der Waals surface area contributed by atoms with Crippen LogP contribution in [0.1, 0.15) is 24.8 Å². The molecule has 1 fully saturated rings. The van der Waals surface area contributed by atoms with E-state index in [1.807, 2.05) is 30.5 Å². The number of rotatable bonds is 4. The molecule has 4 rings (SSSR count). The van der Waals surface area contributed by atoms with Gasteiger partial charge in [-0.15, -0.1) is 0 Å². The van der Waals surface area contributed by atoms with Crippen molar-refractivity contribution >= 4 is 16.9 Å².